The van der Waals surface area contributed by atoms with Gasteiger partial charge in [0.2, 0.25) is 0 Å². The van der Waals surface area contributed by atoms with Crippen LogP contribution in [0.1, 0.15) is 20.3 Å². The summed E-state index contributed by atoms with van der Waals surface area (Å²) in [6, 6.07) is 0. The predicted molar refractivity (Wildman–Crippen MR) is 39.8 cm³/mol. The highest BCUT2D eigenvalue weighted by molar-refractivity contribution is 5.82. The highest BCUT2D eigenvalue weighted by atomic mass is 16.5. The van der Waals surface area contributed by atoms with Gasteiger partial charge in [-0.05, 0) is 20.4 Å². The molecule has 3 heteroatoms. The van der Waals surface area contributed by atoms with Crippen molar-refractivity contribution in [1.82, 2.24) is 0 Å². The molecule has 0 saturated heterocycles. The third-order valence-corrected chi connectivity index (χ3v) is 1.26. The van der Waals surface area contributed by atoms with E-state index in [-0.39, 0.29) is 11.9 Å². The molecule has 0 aromatic carbocycles. The van der Waals surface area contributed by atoms with Crippen LogP contribution in [0.5, 0.6) is 0 Å². The molecule has 0 bridgehead atoms. The second kappa shape index (κ2) is 5.38. The van der Waals surface area contributed by atoms with E-state index < -0.39 is 0 Å². The number of nitrogens with two attached hydrogens (primary N) is 1. The molecule has 0 saturated carbocycles. The van der Waals surface area contributed by atoms with Crippen LogP contribution in [0, 0.1) is 0 Å². The van der Waals surface area contributed by atoms with Gasteiger partial charge in [0, 0.05) is 13.0 Å². The molecule has 0 aromatic rings. The van der Waals surface area contributed by atoms with Crippen molar-refractivity contribution in [3.63, 3.8) is 0 Å². The summed E-state index contributed by atoms with van der Waals surface area (Å²) >= 11 is 0. The van der Waals surface area contributed by atoms with Crippen molar-refractivity contribution in [2.75, 3.05) is 13.2 Å². The summed E-state index contributed by atoms with van der Waals surface area (Å²) in [4.78, 5) is 10.9. The predicted octanol–water partition coefficient (Wildman–Crippen LogP) is 0.329. The molecule has 0 fully saturated rings. The number of hydrogen-bond acceptors (Lipinski definition) is 3. The molecular weight excluding hydrogens is 130 g/mol. The Bertz CT molecular complexity index is 104. The number of carbonyl (C=O) groups is 1. The average molecular weight is 145 g/mol. The van der Waals surface area contributed by atoms with Gasteiger partial charge in [0.15, 0.2) is 5.78 Å². The van der Waals surface area contributed by atoms with Crippen LogP contribution in [0.15, 0.2) is 0 Å². The van der Waals surface area contributed by atoms with Gasteiger partial charge in [-0.1, -0.05) is 0 Å². The molecule has 1 unspecified atom stereocenters. The summed E-state index contributed by atoms with van der Waals surface area (Å²) in [7, 11) is 0. The van der Waals surface area contributed by atoms with Gasteiger partial charge in [-0.2, -0.15) is 0 Å². The first kappa shape index (κ1) is 9.59. The maximum absolute atomic E-state index is 10.9. The maximum atomic E-state index is 10.9. The van der Waals surface area contributed by atoms with Crippen molar-refractivity contribution in [3.8, 4) is 0 Å². The molecule has 0 heterocycles. The van der Waals surface area contributed by atoms with E-state index in [1.807, 2.05) is 6.92 Å². The lowest BCUT2D eigenvalue weighted by atomic mass is 10.2. The molecule has 0 aliphatic rings. The number of ether oxygens (including phenoxy) is 1. The molecule has 0 aliphatic carbocycles. The van der Waals surface area contributed by atoms with Gasteiger partial charge in [0.05, 0.1) is 0 Å². The molecular formula is C7H15NO2. The molecule has 1 atom stereocenters. The fraction of sp³-hybridized carbons (Fsp3) is 0.857. The SMILES string of the molecule is CCOC(C)C(=O)CCN. The van der Waals surface area contributed by atoms with E-state index in [0.29, 0.717) is 19.6 Å². The molecule has 2 N–H and O–H groups in total. The largest absolute Gasteiger partial charge is 0.371 e. The van der Waals surface area contributed by atoms with E-state index in [2.05, 4.69) is 0 Å². The van der Waals surface area contributed by atoms with Crippen molar-refractivity contribution < 1.29 is 9.53 Å². The van der Waals surface area contributed by atoms with Crippen LogP contribution in [0.3, 0.4) is 0 Å². The maximum Gasteiger partial charge on any atom is 0.162 e. The van der Waals surface area contributed by atoms with Crippen LogP contribution in [0.2, 0.25) is 0 Å². The fourth-order valence-electron chi connectivity index (χ4n) is 0.688. The Morgan fingerprint density at radius 2 is 2.30 bits per heavy atom. The van der Waals surface area contributed by atoms with Crippen LogP contribution in [-0.2, 0) is 9.53 Å². The Morgan fingerprint density at radius 3 is 2.70 bits per heavy atom. The number of Topliss-reactive ketones (excluding diaryl/α,β-unsaturated/α-hetero) is 1. The number of carbonyl (C=O) groups excluding carboxylic acids is 1. The average Bonchev–Trinajstić information content (AvgIpc) is 1.89. The zero-order valence-corrected chi connectivity index (χ0v) is 6.59. The van der Waals surface area contributed by atoms with Crippen molar-refractivity contribution in [3.05, 3.63) is 0 Å². The van der Waals surface area contributed by atoms with E-state index in [4.69, 9.17) is 10.5 Å². The quantitative estimate of drug-likeness (QED) is 0.606. The third kappa shape index (κ3) is 3.58. The normalized spacial score (nSPS) is 13.1. The topological polar surface area (TPSA) is 52.3 Å². The van der Waals surface area contributed by atoms with Crippen LogP contribution in [0.4, 0.5) is 0 Å². The summed E-state index contributed by atoms with van der Waals surface area (Å²) < 4.78 is 5.05. The molecule has 3 nitrogen and oxygen atoms in total. The lowest BCUT2D eigenvalue weighted by molar-refractivity contribution is -0.129. The number of rotatable bonds is 5. The zero-order chi connectivity index (χ0) is 7.98. The van der Waals surface area contributed by atoms with E-state index in [9.17, 15) is 4.79 Å². The highest BCUT2D eigenvalue weighted by Crippen LogP contribution is 1.94. The van der Waals surface area contributed by atoms with Gasteiger partial charge in [-0.25, -0.2) is 0 Å². The minimum atomic E-state index is -0.284. The van der Waals surface area contributed by atoms with E-state index in [0.717, 1.165) is 0 Å². The van der Waals surface area contributed by atoms with Crippen LogP contribution in [-0.4, -0.2) is 25.0 Å². The van der Waals surface area contributed by atoms with Gasteiger partial charge in [-0.15, -0.1) is 0 Å². The first-order chi connectivity index (χ1) is 4.72. The second-order valence-electron chi connectivity index (χ2n) is 2.10. The van der Waals surface area contributed by atoms with Crippen LogP contribution in [0.25, 0.3) is 0 Å². The van der Waals surface area contributed by atoms with E-state index >= 15 is 0 Å². The number of hydrogen-bond donors (Lipinski definition) is 1. The summed E-state index contributed by atoms with van der Waals surface area (Å²) in [6.45, 7) is 4.61. The van der Waals surface area contributed by atoms with Gasteiger partial charge in [-0.3, -0.25) is 4.79 Å². The van der Waals surface area contributed by atoms with Crippen molar-refractivity contribution in [2.45, 2.75) is 26.4 Å². The molecule has 0 amide bonds. The Morgan fingerprint density at radius 1 is 1.70 bits per heavy atom. The van der Waals surface area contributed by atoms with Gasteiger partial charge in [0.1, 0.15) is 6.10 Å². The molecule has 0 radical (unpaired) electrons. The Kier molecular flexibility index (Phi) is 5.16. The minimum absolute atomic E-state index is 0.0874. The van der Waals surface area contributed by atoms with Crippen molar-refractivity contribution in [1.29, 1.82) is 0 Å². The van der Waals surface area contributed by atoms with Crippen molar-refractivity contribution in [2.24, 2.45) is 5.73 Å². The van der Waals surface area contributed by atoms with Crippen LogP contribution >= 0.6 is 0 Å². The molecule has 0 spiro atoms. The molecule has 0 aliphatic heterocycles. The van der Waals surface area contributed by atoms with Crippen LogP contribution < -0.4 is 5.73 Å². The third-order valence-electron chi connectivity index (χ3n) is 1.26. The Labute approximate surface area is 61.5 Å². The monoisotopic (exact) mass is 145 g/mol. The molecule has 0 aromatic heterocycles. The first-order valence-corrected chi connectivity index (χ1v) is 3.56. The standard InChI is InChI=1S/C7H15NO2/c1-3-10-6(2)7(9)4-5-8/h6H,3-5,8H2,1-2H3. The summed E-state index contributed by atoms with van der Waals surface area (Å²) in [5.41, 5.74) is 5.19. The zero-order valence-electron chi connectivity index (χ0n) is 6.59. The molecule has 10 heavy (non-hydrogen) atoms. The summed E-state index contributed by atoms with van der Waals surface area (Å²) in [6.07, 6.45) is 0.134. The van der Waals surface area contributed by atoms with Gasteiger partial charge >= 0.3 is 0 Å². The lowest BCUT2D eigenvalue weighted by Crippen LogP contribution is -2.23. The first-order valence-electron chi connectivity index (χ1n) is 3.56. The van der Waals surface area contributed by atoms with Gasteiger partial charge in [0.25, 0.3) is 0 Å². The smallest absolute Gasteiger partial charge is 0.162 e. The Balaban J connectivity index is 3.49. The van der Waals surface area contributed by atoms with Crippen molar-refractivity contribution >= 4 is 5.78 Å². The highest BCUT2D eigenvalue weighted by Gasteiger charge is 2.10. The molecule has 60 valence electrons. The second-order valence-corrected chi connectivity index (χ2v) is 2.10. The van der Waals surface area contributed by atoms with E-state index in [1.54, 1.807) is 6.92 Å². The fourth-order valence-corrected chi connectivity index (χ4v) is 0.688. The Hall–Kier alpha value is -0.410. The molecule has 0 rings (SSSR count). The summed E-state index contributed by atoms with van der Waals surface area (Å²) in [5, 5.41) is 0. The minimum Gasteiger partial charge on any atom is -0.371 e. The summed E-state index contributed by atoms with van der Waals surface area (Å²) in [5.74, 6) is 0.0874. The van der Waals surface area contributed by atoms with E-state index in [1.165, 1.54) is 0 Å². The number of ketones is 1. The van der Waals surface area contributed by atoms with Gasteiger partial charge < -0.3 is 10.5 Å². The lowest BCUT2D eigenvalue weighted by Gasteiger charge is -2.08.